The maximum Gasteiger partial charge on any atom is 0.315 e. The van der Waals surface area contributed by atoms with E-state index in [1.54, 1.807) is 12.1 Å². The van der Waals surface area contributed by atoms with E-state index in [2.05, 4.69) is 15.5 Å². The quantitative estimate of drug-likeness (QED) is 0.795. The third kappa shape index (κ3) is 1.78. The van der Waals surface area contributed by atoms with Crippen molar-refractivity contribution in [1.82, 2.24) is 10.2 Å². The van der Waals surface area contributed by atoms with Gasteiger partial charge >= 0.3 is 6.43 Å². The lowest BCUT2D eigenvalue weighted by atomic mass is 10.2. The Labute approximate surface area is 83.3 Å². The largest absolute Gasteiger partial charge is 0.320 e. The van der Waals surface area contributed by atoms with Crippen molar-refractivity contribution in [1.29, 1.82) is 0 Å². The van der Waals surface area contributed by atoms with Crippen LogP contribution >= 0.6 is 0 Å². The van der Waals surface area contributed by atoms with Crippen LogP contribution in [-0.4, -0.2) is 22.5 Å². The van der Waals surface area contributed by atoms with Crippen LogP contribution in [0.3, 0.4) is 0 Å². The molecule has 0 aliphatic carbocycles. The average Bonchev–Trinajstić information content (AvgIpc) is 2.66. The summed E-state index contributed by atoms with van der Waals surface area (Å²) in [6, 6.07) is 4.92. The standard InChI is InChI=1S/C9H7F2N3O/c10-8(11)9(15)13-6-2-1-3-7-5(6)4-12-14-7/h1-4,8H,(H,12,14)(H,13,15). The highest BCUT2D eigenvalue weighted by atomic mass is 19.3. The van der Waals surface area contributed by atoms with Crippen LogP contribution in [0.25, 0.3) is 10.9 Å². The molecule has 2 N–H and O–H groups in total. The molecule has 1 aromatic heterocycles. The molecule has 0 bridgehead atoms. The number of amides is 1. The first-order chi connectivity index (χ1) is 7.18. The fraction of sp³-hybridized carbons (Fsp3) is 0.111. The van der Waals surface area contributed by atoms with Crippen LogP contribution in [0, 0.1) is 0 Å². The van der Waals surface area contributed by atoms with Gasteiger partial charge in [-0.05, 0) is 12.1 Å². The summed E-state index contributed by atoms with van der Waals surface area (Å²) in [4.78, 5) is 10.8. The highest BCUT2D eigenvalue weighted by molar-refractivity contribution is 6.01. The molecule has 0 saturated heterocycles. The summed E-state index contributed by atoms with van der Waals surface area (Å²) < 4.78 is 24.0. The Hall–Kier alpha value is -1.98. The second-order valence-corrected chi connectivity index (χ2v) is 2.93. The Balaban J connectivity index is 2.35. The fourth-order valence-corrected chi connectivity index (χ4v) is 1.26. The molecule has 2 aromatic rings. The van der Waals surface area contributed by atoms with Crippen LogP contribution in [0.1, 0.15) is 0 Å². The van der Waals surface area contributed by atoms with Gasteiger partial charge in [0.05, 0.1) is 17.4 Å². The number of carbonyl (C=O) groups excluding carboxylic acids is 1. The second-order valence-electron chi connectivity index (χ2n) is 2.93. The molecule has 6 heteroatoms. The van der Waals surface area contributed by atoms with Crippen molar-refractivity contribution in [2.45, 2.75) is 6.43 Å². The van der Waals surface area contributed by atoms with Gasteiger partial charge in [-0.25, -0.2) is 0 Å². The number of hydrogen-bond acceptors (Lipinski definition) is 2. The number of aromatic amines is 1. The van der Waals surface area contributed by atoms with E-state index in [0.717, 1.165) is 0 Å². The number of aromatic nitrogens is 2. The number of halogens is 2. The lowest BCUT2D eigenvalue weighted by molar-refractivity contribution is -0.126. The van der Waals surface area contributed by atoms with Gasteiger partial charge in [0.2, 0.25) is 0 Å². The molecule has 0 spiro atoms. The number of nitrogens with one attached hydrogen (secondary N) is 2. The molecule has 1 amide bonds. The first-order valence-electron chi connectivity index (χ1n) is 4.19. The van der Waals surface area contributed by atoms with Crippen molar-refractivity contribution in [2.24, 2.45) is 0 Å². The van der Waals surface area contributed by atoms with Crippen LogP contribution in [0.15, 0.2) is 24.4 Å². The average molecular weight is 211 g/mol. The summed E-state index contributed by atoms with van der Waals surface area (Å²) in [7, 11) is 0. The zero-order valence-corrected chi connectivity index (χ0v) is 7.50. The molecular weight excluding hydrogens is 204 g/mol. The van der Waals surface area contributed by atoms with Crippen LogP contribution in [-0.2, 0) is 4.79 Å². The molecule has 2 rings (SSSR count). The molecule has 1 aromatic carbocycles. The molecule has 4 nitrogen and oxygen atoms in total. The number of anilines is 1. The zero-order valence-electron chi connectivity index (χ0n) is 7.50. The van der Waals surface area contributed by atoms with Crippen molar-refractivity contribution in [3.05, 3.63) is 24.4 Å². The first-order valence-corrected chi connectivity index (χ1v) is 4.19. The number of carbonyl (C=O) groups is 1. The van der Waals surface area contributed by atoms with Gasteiger partial charge in [-0.1, -0.05) is 6.07 Å². The number of fused-ring (bicyclic) bond motifs is 1. The van der Waals surface area contributed by atoms with E-state index in [0.29, 0.717) is 16.6 Å². The van der Waals surface area contributed by atoms with Crippen molar-refractivity contribution in [3.63, 3.8) is 0 Å². The fourth-order valence-electron chi connectivity index (χ4n) is 1.26. The number of hydrogen-bond donors (Lipinski definition) is 2. The number of H-pyrrole nitrogens is 1. The zero-order chi connectivity index (χ0) is 10.8. The van der Waals surface area contributed by atoms with Gasteiger partial charge in [-0.2, -0.15) is 13.9 Å². The summed E-state index contributed by atoms with van der Waals surface area (Å²) in [6.07, 6.45) is -1.55. The Morgan fingerprint density at radius 2 is 2.27 bits per heavy atom. The van der Waals surface area contributed by atoms with E-state index < -0.39 is 12.3 Å². The van der Waals surface area contributed by atoms with E-state index in [4.69, 9.17) is 0 Å². The summed E-state index contributed by atoms with van der Waals surface area (Å²) >= 11 is 0. The Bertz CT molecular complexity index is 495. The number of nitrogens with zero attached hydrogens (tertiary/aromatic N) is 1. The lowest BCUT2D eigenvalue weighted by Gasteiger charge is -2.04. The van der Waals surface area contributed by atoms with Crippen LogP contribution in [0.2, 0.25) is 0 Å². The molecular formula is C9H7F2N3O. The van der Waals surface area contributed by atoms with Crippen molar-refractivity contribution in [3.8, 4) is 0 Å². The summed E-state index contributed by atoms with van der Waals surface area (Å²) in [5, 5.41) is 9.15. The SMILES string of the molecule is O=C(Nc1cccc2[nH]ncc12)C(F)F. The lowest BCUT2D eigenvalue weighted by Crippen LogP contribution is -2.20. The summed E-state index contributed by atoms with van der Waals surface area (Å²) in [5.74, 6) is -1.32. The summed E-state index contributed by atoms with van der Waals surface area (Å²) in [6.45, 7) is 0. The van der Waals surface area contributed by atoms with E-state index in [-0.39, 0.29) is 0 Å². The second kappa shape index (κ2) is 3.64. The van der Waals surface area contributed by atoms with Gasteiger partial charge < -0.3 is 5.32 Å². The van der Waals surface area contributed by atoms with Gasteiger partial charge in [0, 0.05) is 5.39 Å². The van der Waals surface area contributed by atoms with Crippen LogP contribution in [0.4, 0.5) is 14.5 Å². The minimum Gasteiger partial charge on any atom is -0.320 e. The molecule has 0 aliphatic heterocycles. The van der Waals surface area contributed by atoms with Crippen LogP contribution in [0.5, 0.6) is 0 Å². The third-order valence-corrected chi connectivity index (χ3v) is 1.94. The molecule has 1 heterocycles. The Kier molecular flexibility index (Phi) is 2.32. The van der Waals surface area contributed by atoms with Crippen LogP contribution < -0.4 is 5.32 Å². The topological polar surface area (TPSA) is 57.8 Å². The molecule has 0 atom stereocenters. The monoisotopic (exact) mass is 211 g/mol. The smallest absolute Gasteiger partial charge is 0.315 e. The van der Waals surface area contributed by atoms with Crippen molar-refractivity contribution >= 4 is 22.5 Å². The minimum absolute atomic E-state index is 0.326. The molecule has 0 aliphatic rings. The Morgan fingerprint density at radius 1 is 1.47 bits per heavy atom. The molecule has 0 fully saturated rings. The van der Waals surface area contributed by atoms with Gasteiger partial charge in [0.1, 0.15) is 0 Å². The highest BCUT2D eigenvalue weighted by Crippen LogP contribution is 2.21. The van der Waals surface area contributed by atoms with Gasteiger partial charge in [0.25, 0.3) is 5.91 Å². The number of alkyl halides is 2. The van der Waals surface area contributed by atoms with Gasteiger partial charge in [-0.15, -0.1) is 0 Å². The van der Waals surface area contributed by atoms with Crippen molar-refractivity contribution < 1.29 is 13.6 Å². The predicted molar refractivity (Wildman–Crippen MR) is 50.7 cm³/mol. The molecule has 0 unspecified atom stereocenters. The van der Waals surface area contributed by atoms with E-state index in [9.17, 15) is 13.6 Å². The molecule has 15 heavy (non-hydrogen) atoms. The van der Waals surface area contributed by atoms with Gasteiger partial charge in [-0.3, -0.25) is 9.89 Å². The first kappa shape index (κ1) is 9.57. The maximum absolute atomic E-state index is 12.0. The molecule has 0 saturated carbocycles. The summed E-state index contributed by atoms with van der Waals surface area (Å²) in [5.41, 5.74) is 1.01. The van der Waals surface area contributed by atoms with E-state index in [1.807, 2.05) is 0 Å². The van der Waals surface area contributed by atoms with Crippen molar-refractivity contribution in [2.75, 3.05) is 5.32 Å². The maximum atomic E-state index is 12.0. The highest BCUT2D eigenvalue weighted by Gasteiger charge is 2.16. The molecule has 0 radical (unpaired) electrons. The minimum atomic E-state index is -3.02. The number of benzene rings is 1. The van der Waals surface area contributed by atoms with Gasteiger partial charge in [0.15, 0.2) is 0 Å². The van der Waals surface area contributed by atoms with E-state index in [1.165, 1.54) is 12.3 Å². The predicted octanol–water partition coefficient (Wildman–Crippen LogP) is 1.77. The normalized spacial score (nSPS) is 10.9. The molecule has 78 valence electrons. The van der Waals surface area contributed by atoms with E-state index >= 15 is 0 Å². The Morgan fingerprint density at radius 3 is 3.00 bits per heavy atom. The number of rotatable bonds is 2. The third-order valence-electron chi connectivity index (χ3n) is 1.94.